The second-order valence-electron chi connectivity index (χ2n) is 6.62. The van der Waals surface area contributed by atoms with Crippen LogP contribution < -0.4 is 0 Å². The number of aliphatic hydroxyl groups excluding tert-OH is 1. The van der Waals surface area contributed by atoms with Crippen LogP contribution in [0.25, 0.3) is 11.0 Å². The summed E-state index contributed by atoms with van der Waals surface area (Å²) in [6.07, 6.45) is 4.26. The zero-order chi connectivity index (χ0) is 15.1. The summed E-state index contributed by atoms with van der Waals surface area (Å²) in [5, 5.41) is 9.89. The third-order valence-corrected chi connectivity index (χ3v) is 5.03. The maximum Gasteiger partial charge on any atom is 0.0931 e. The highest BCUT2D eigenvalue weighted by molar-refractivity contribution is 5.77. The highest BCUT2D eigenvalue weighted by atomic mass is 16.3. The van der Waals surface area contributed by atoms with Gasteiger partial charge in [-0.1, -0.05) is 12.1 Å². The summed E-state index contributed by atoms with van der Waals surface area (Å²) in [5.74, 6) is 0. The van der Waals surface area contributed by atoms with Gasteiger partial charge < -0.3 is 5.11 Å². The van der Waals surface area contributed by atoms with Gasteiger partial charge >= 0.3 is 0 Å². The largest absolute Gasteiger partial charge is 0.392 e. The molecule has 4 rings (SSSR count). The van der Waals surface area contributed by atoms with E-state index in [0.717, 1.165) is 43.6 Å². The number of piperazine rings is 1. The first-order valence-corrected chi connectivity index (χ1v) is 8.05. The minimum absolute atomic E-state index is 0.152. The molecular weight excluding hydrogens is 276 g/mol. The van der Waals surface area contributed by atoms with Crippen LogP contribution in [0.4, 0.5) is 0 Å². The molecule has 1 unspecified atom stereocenters. The van der Waals surface area contributed by atoms with Crippen LogP contribution in [0, 0.1) is 0 Å². The molecule has 2 aliphatic rings. The standard InChI is InChI=1S/C17H22N4O/c1-12-8-21-11-15(22)7-14(21)10-20(12)9-13-3-2-4-16-17(13)19-6-5-18-16/h2-6,12,14-15,22H,7-11H2,1H3/t12-,14?,15-/m1/s1. The maximum absolute atomic E-state index is 9.89. The molecule has 3 heterocycles. The molecule has 22 heavy (non-hydrogen) atoms. The van der Waals surface area contributed by atoms with Gasteiger partial charge in [0.2, 0.25) is 0 Å². The van der Waals surface area contributed by atoms with Gasteiger partial charge in [0.1, 0.15) is 0 Å². The Morgan fingerprint density at radius 1 is 1.18 bits per heavy atom. The van der Waals surface area contributed by atoms with Gasteiger partial charge in [-0.05, 0) is 25.0 Å². The Bertz CT molecular complexity index is 671. The van der Waals surface area contributed by atoms with E-state index in [1.54, 1.807) is 12.4 Å². The molecule has 3 atom stereocenters. The molecule has 0 radical (unpaired) electrons. The Morgan fingerprint density at radius 3 is 2.95 bits per heavy atom. The molecule has 5 nitrogen and oxygen atoms in total. The van der Waals surface area contributed by atoms with E-state index < -0.39 is 0 Å². The topological polar surface area (TPSA) is 52.5 Å². The average molecular weight is 298 g/mol. The Kier molecular flexibility index (Phi) is 3.56. The summed E-state index contributed by atoms with van der Waals surface area (Å²) in [7, 11) is 0. The third-order valence-electron chi connectivity index (χ3n) is 5.03. The number of benzene rings is 1. The van der Waals surface area contributed by atoms with Crippen LogP contribution in [0.3, 0.4) is 0 Å². The predicted octanol–water partition coefficient (Wildman–Crippen LogP) is 1.27. The van der Waals surface area contributed by atoms with Crippen molar-refractivity contribution in [2.75, 3.05) is 19.6 Å². The van der Waals surface area contributed by atoms with Crippen molar-refractivity contribution >= 4 is 11.0 Å². The lowest BCUT2D eigenvalue weighted by Crippen LogP contribution is -2.54. The number of aromatic nitrogens is 2. The highest BCUT2D eigenvalue weighted by Gasteiger charge is 2.38. The molecule has 0 spiro atoms. The number of para-hydroxylation sites is 1. The minimum Gasteiger partial charge on any atom is -0.392 e. The monoisotopic (exact) mass is 298 g/mol. The van der Waals surface area contributed by atoms with Crippen LogP contribution in [0.5, 0.6) is 0 Å². The van der Waals surface area contributed by atoms with E-state index in [4.69, 9.17) is 0 Å². The molecule has 2 fully saturated rings. The number of hydrogen-bond donors (Lipinski definition) is 1. The van der Waals surface area contributed by atoms with E-state index in [0.29, 0.717) is 12.1 Å². The molecule has 0 aliphatic carbocycles. The molecule has 2 aliphatic heterocycles. The van der Waals surface area contributed by atoms with Crippen molar-refractivity contribution in [1.82, 2.24) is 19.8 Å². The summed E-state index contributed by atoms with van der Waals surface area (Å²) >= 11 is 0. The average Bonchev–Trinajstić information content (AvgIpc) is 2.87. The van der Waals surface area contributed by atoms with E-state index in [2.05, 4.69) is 38.8 Å². The van der Waals surface area contributed by atoms with Crippen molar-refractivity contribution in [1.29, 1.82) is 0 Å². The molecule has 5 heteroatoms. The first-order chi connectivity index (χ1) is 10.7. The van der Waals surface area contributed by atoms with Gasteiger partial charge in [-0.15, -0.1) is 0 Å². The van der Waals surface area contributed by atoms with Crippen LogP contribution in [-0.4, -0.2) is 62.7 Å². The lowest BCUT2D eigenvalue weighted by atomic mass is 10.1. The summed E-state index contributed by atoms with van der Waals surface area (Å²) < 4.78 is 0. The van der Waals surface area contributed by atoms with Gasteiger partial charge in [0.25, 0.3) is 0 Å². The van der Waals surface area contributed by atoms with Gasteiger partial charge in [0, 0.05) is 50.7 Å². The number of fused-ring (bicyclic) bond motifs is 2. The smallest absolute Gasteiger partial charge is 0.0931 e. The maximum atomic E-state index is 9.89. The van der Waals surface area contributed by atoms with E-state index in [-0.39, 0.29) is 6.10 Å². The van der Waals surface area contributed by atoms with Crippen LogP contribution in [0.15, 0.2) is 30.6 Å². The Hall–Kier alpha value is -1.56. The van der Waals surface area contributed by atoms with Gasteiger partial charge in [-0.25, -0.2) is 0 Å². The van der Waals surface area contributed by atoms with Crippen molar-refractivity contribution in [3.63, 3.8) is 0 Å². The molecule has 0 saturated carbocycles. The van der Waals surface area contributed by atoms with Crippen LogP contribution >= 0.6 is 0 Å². The summed E-state index contributed by atoms with van der Waals surface area (Å²) in [6, 6.07) is 7.22. The first kappa shape index (κ1) is 14.1. The van der Waals surface area contributed by atoms with Crippen molar-refractivity contribution in [2.24, 2.45) is 0 Å². The Labute approximate surface area is 130 Å². The van der Waals surface area contributed by atoms with Crippen molar-refractivity contribution < 1.29 is 5.11 Å². The van der Waals surface area contributed by atoms with Crippen LogP contribution in [0.1, 0.15) is 18.9 Å². The number of rotatable bonds is 2. The summed E-state index contributed by atoms with van der Waals surface area (Å²) in [4.78, 5) is 13.9. The van der Waals surface area contributed by atoms with Crippen molar-refractivity contribution in [2.45, 2.75) is 38.1 Å². The number of nitrogens with zero attached hydrogens (tertiary/aromatic N) is 4. The van der Waals surface area contributed by atoms with Crippen LogP contribution in [-0.2, 0) is 6.54 Å². The van der Waals surface area contributed by atoms with E-state index in [1.807, 2.05) is 6.07 Å². The predicted molar refractivity (Wildman–Crippen MR) is 85.4 cm³/mol. The van der Waals surface area contributed by atoms with E-state index in [1.165, 1.54) is 5.56 Å². The van der Waals surface area contributed by atoms with Gasteiger partial charge in [0.15, 0.2) is 0 Å². The molecule has 1 aromatic carbocycles. The molecule has 2 aromatic rings. The molecule has 0 bridgehead atoms. The minimum atomic E-state index is -0.152. The van der Waals surface area contributed by atoms with Gasteiger partial charge in [-0.3, -0.25) is 19.8 Å². The van der Waals surface area contributed by atoms with Gasteiger partial charge in [0.05, 0.1) is 17.1 Å². The highest BCUT2D eigenvalue weighted by Crippen LogP contribution is 2.27. The van der Waals surface area contributed by atoms with E-state index >= 15 is 0 Å². The summed E-state index contributed by atoms with van der Waals surface area (Å²) in [5.41, 5.74) is 3.21. The second kappa shape index (κ2) is 5.57. The normalized spacial score (nSPS) is 29.8. The molecule has 2 saturated heterocycles. The quantitative estimate of drug-likeness (QED) is 0.905. The number of aliphatic hydroxyl groups is 1. The number of hydrogen-bond acceptors (Lipinski definition) is 5. The molecule has 116 valence electrons. The first-order valence-electron chi connectivity index (χ1n) is 8.05. The molecule has 0 amide bonds. The third kappa shape index (κ3) is 2.49. The fourth-order valence-electron chi connectivity index (χ4n) is 3.90. The second-order valence-corrected chi connectivity index (χ2v) is 6.62. The SMILES string of the molecule is C[C@@H]1CN2C[C@H](O)CC2CN1Cc1cccc2nccnc12. The fraction of sp³-hybridized carbons (Fsp3) is 0.529. The lowest BCUT2D eigenvalue weighted by Gasteiger charge is -2.42. The van der Waals surface area contributed by atoms with Gasteiger partial charge in [-0.2, -0.15) is 0 Å². The molecular formula is C17H22N4O. The van der Waals surface area contributed by atoms with Crippen LogP contribution in [0.2, 0.25) is 0 Å². The summed E-state index contributed by atoms with van der Waals surface area (Å²) in [6.45, 7) is 6.07. The zero-order valence-corrected chi connectivity index (χ0v) is 12.9. The lowest BCUT2D eigenvalue weighted by molar-refractivity contribution is 0.0531. The Balaban J connectivity index is 1.57. The van der Waals surface area contributed by atoms with Crippen molar-refractivity contribution in [3.8, 4) is 0 Å². The zero-order valence-electron chi connectivity index (χ0n) is 12.9. The fourth-order valence-corrected chi connectivity index (χ4v) is 3.90. The van der Waals surface area contributed by atoms with E-state index in [9.17, 15) is 5.11 Å². The molecule has 1 N–H and O–H groups in total. The Morgan fingerprint density at radius 2 is 2.05 bits per heavy atom. The van der Waals surface area contributed by atoms with Crippen molar-refractivity contribution in [3.05, 3.63) is 36.2 Å². The molecule has 1 aromatic heterocycles.